The zero-order chi connectivity index (χ0) is 11.2. The molecule has 0 aliphatic heterocycles. The second-order valence-electron chi connectivity index (χ2n) is 5.45. The molecular weight excluding hydrogens is 194 g/mol. The van der Waals surface area contributed by atoms with E-state index in [1.165, 1.54) is 0 Å². The fraction of sp³-hybridized carbons (Fsp3) is 0.818. The van der Waals surface area contributed by atoms with Gasteiger partial charge in [-0.25, -0.2) is 4.79 Å². The summed E-state index contributed by atoms with van der Waals surface area (Å²) < 4.78 is 5.15. The van der Waals surface area contributed by atoms with Gasteiger partial charge in [-0.1, -0.05) is 0 Å². The Morgan fingerprint density at radius 3 is 2.33 bits per heavy atom. The maximum atomic E-state index is 11.4. The van der Waals surface area contributed by atoms with Crippen LogP contribution in [0.4, 0.5) is 4.79 Å². The first-order chi connectivity index (χ1) is 6.87. The van der Waals surface area contributed by atoms with Gasteiger partial charge in [0.25, 0.3) is 0 Å². The van der Waals surface area contributed by atoms with E-state index in [-0.39, 0.29) is 12.1 Å². The average Bonchev–Trinajstić information content (AvgIpc) is 2.54. The normalized spacial score (nSPS) is 33.5. The minimum Gasteiger partial charge on any atom is -0.444 e. The molecule has 2 fully saturated rings. The Bertz CT molecular complexity index is 291. The Labute approximate surface area is 89.4 Å². The highest BCUT2D eigenvalue weighted by Crippen LogP contribution is 2.50. The minimum atomic E-state index is -0.454. The van der Waals surface area contributed by atoms with Gasteiger partial charge in [-0.2, -0.15) is 0 Å². The van der Waals surface area contributed by atoms with Crippen LogP contribution in [0.15, 0.2) is 0 Å². The smallest absolute Gasteiger partial charge is 0.407 e. The number of hydrogen-bond donors (Lipinski definition) is 1. The van der Waals surface area contributed by atoms with Gasteiger partial charge in [0.05, 0.1) is 0 Å². The minimum absolute atomic E-state index is 0.178. The van der Waals surface area contributed by atoms with Gasteiger partial charge in [0.1, 0.15) is 11.4 Å². The molecule has 2 aliphatic rings. The maximum absolute atomic E-state index is 11.4. The Morgan fingerprint density at radius 1 is 1.33 bits per heavy atom. The van der Waals surface area contributed by atoms with E-state index in [2.05, 4.69) is 5.32 Å². The zero-order valence-electron chi connectivity index (χ0n) is 9.37. The van der Waals surface area contributed by atoms with Crippen LogP contribution in [-0.4, -0.2) is 23.5 Å². The third kappa shape index (κ3) is 2.30. The van der Waals surface area contributed by atoms with E-state index in [4.69, 9.17) is 4.74 Å². The van der Waals surface area contributed by atoms with E-state index < -0.39 is 5.60 Å². The molecule has 1 unspecified atom stereocenters. The van der Waals surface area contributed by atoms with Crippen LogP contribution in [0, 0.1) is 11.8 Å². The van der Waals surface area contributed by atoms with E-state index in [0.717, 1.165) is 0 Å². The van der Waals surface area contributed by atoms with Crippen molar-refractivity contribution in [1.29, 1.82) is 0 Å². The second kappa shape index (κ2) is 3.22. The van der Waals surface area contributed by atoms with Crippen LogP contribution in [0.2, 0.25) is 0 Å². The van der Waals surface area contributed by atoms with Crippen molar-refractivity contribution in [1.82, 2.24) is 5.32 Å². The molecule has 0 spiro atoms. The topological polar surface area (TPSA) is 55.4 Å². The van der Waals surface area contributed by atoms with Crippen LogP contribution in [0.1, 0.15) is 33.6 Å². The number of hydrogen-bond acceptors (Lipinski definition) is 3. The number of nitrogens with one attached hydrogen (secondary N) is 1. The van der Waals surface area contributed by atoms with Gasteiger partial charge in [0, 0.05) is 18.9 Å². The number of carbonyl (C=O) groups excluding carboxylic acids is 2. The first-order valence-electron chi connectivity index (χ1n) is 5.38. The van der Waals surface area contributed by atoms with Gasteiger partial charge >= 0.3 is 6.09 Å². The SMILES string of the molecule is CC(C)(C)OC(=O)N[C@@H]1C2CC(=O)C[C@H]21. The number of fused-ring (bicyclic) bond motifs is 1. The largest absolute Gasteiger partial charge is 0.444 e. The molecular formula is C11H17NO3. The van der Waals surface area contributed by atoms with Gasteiger partial charge in [-0.15, -0.1) is 0 Å². The first-order valence-corrected chi connectivity index (χ1v) is 5.38. The second-order valence-corrected chi connectivity index (χ2v) is 5.45. The Morgan fingerprint density at radius 2 is 1.87 bits per heavy atom. The van der Waals surface area contributed by atoms with Gasteiger partial charge in [-0.05, 0) is 32.6 Å². The predicted molar refractivity (Wildman–Crippen MR) is 54.4 cm³/mol. The van der Waals surface area contributed by atoms with Crippen molar-refractivity contribution in [3.8, 4) is 0 Å². The molecule has 0 bridgehead atoms. The van der Waals surface area contributed by atoms with Gasteiger partial charge < -0.3 is 10.1 Å². The predicted octanol–water partition coefficient (Wildman–Crippen LogP) is 1.49. The summed E-state index contributed by atoms with van der Waals surface area (Å²) in [5.74, 6) is 1.09. The number of amides is 1. The Hall–Kier alpha value is -1.06. The van der Waals surface area contributed by atoms with Crippen molar-refractivity contribution >= 4 is 11.9 Å². The van der Waals surface area contributed by atoms with E-state index >= 15 is 0 Å². The molecule has 0 saturated heterocycles. The summed E-state index contributed by atoms with van der Waals surface area (Å²) in [4.78, 5) is 22.4. The lowest BCUT2D eigenvalue weighted by atomic mass is 10.2. The average molecular weight is 211 g/mol. The lowest BCUT2D eigenvalue weighted by Gasteiger charge is -2.20. The summed E-state index contributed by atoms with van der Waals surface area (Å²) in [6.07, 6.45) is 0.894. The van der Waals surface area contributed by atoms with Crippen LogP contribution in [-0.2, 0) is 9.53 Å². The van der Waals surface area contributed by atoms with Gasteiger partial charge in [-0.3, -0.25) is 4.79 Å². The summed E-state index contributed by atoms with van der Waals surface area (Å²) in [7, 11) is 0. The number of ether oxygens (including phenoxy) is 1. The highest BCUT2D eigenvalue weighted by Gasteiger charge is 2.56. The van der Waals surface area contributed by atoms with Crippen molar-refractivity contribution in [3.63, 3.8) is 0 Å². The number of carbonyl (C=O) groups is 2. The number of alkyl carbamates (subject to hydrolysis) is 1. The monoisotopic (exact) mass is 211 g/mol. The van der Waals surface area contributed by atoms with E-state index in [9.17, 15) is 9.59 Å². The molecule has 3 atom stereocenters. The fourth-order valence-corrected chi connectivity index (χ4v) is 2.27. The third-order valence-corrected chi connectivity index (χ3v) is 2.94. The molecule has 0 heterocycles. The van der Waals surface area contributed by atoms with Crippen LogP contribution in [0.5, 0.6) is 0 Å². The van der Waals surface area contributed by atoms with Crippen LogP contribution in [0.25, 0.3) is 0 Å². The van der Waals surface area contributed by atoms with Crippen LogP contribution in [0.3, 0.4) is 0 Å². The summed E-state index contributed by atoms with van der Waals surface area (Å²) in [5, 5.41) is 2.82. The molecule has 2 rings (SSSR count). The van der Waals surface area contributed by atoms with Gasteiger partial charge in [0.15, 0.2) is 0 Å². The molecule has 0 radical (unpaired) electrons. The lowest BCUT2D eigenvalue weighted by Crippen LogP contribution is -2.35. The number of ketones is 1. The molecule has 0 aromatic carbocycles. The molecule has 84 valence electrons. The van der Waals surface area contributed by atoms with Crippen molar-refractivity contribution < 1.29 is 14.3 Å². The molecule has 2 aliphatic carbocycles. The van der Waals surface area contributed by atoms with Crippen molar-refractivity contribution in [2.24, 2.45) is 11.8 Å². The molecule has 1 amide bonds. The summed E-state index contributed by atoms with van der Waals surface area (Å²) >= 11 is 0. The highest BCUT2D eigenvalue weighted by atomic mass is 16.6. The molecule has 0 aromatic heterocycles. The lowest BCUT2D eigenvalue weighted by molar-refractivity contribution is -0.118. The van der Waals surface area contributed by atoms with Crippen LogP contribution >= 0.6 is 0 Å². The summed E-state index contributed by atoms with van der Waals surface area (Å²) in [5.41, 5.74) is -0.454. The number of rotatable bonds is 1. The third-order valence-electron chi connectivity index (χ3n) is 2.94. The molecule has 4 nitrogen and oxygen atoms in total. The summed E-state index contributed by atoms with van der Waals surface area (Å²) in [6, 6.07) is 0.178. The van der Waals surface area contributed by atoms with E-state index in [1.54, 1.807) is 0 Å². The molecule has 0 aromatic rings. The van der Waals surface area contributed by atoms with Crippen molar-refractivity contribution in [2.45, 2.75) is 45.3 Å². The standard InChI is InChI=1S/C11H17NO3/c1-11(2,3)15-10(14)12-9-7-4-6(13)5-8(7)9/h7-9H,4-5H2,1-3H3,(H,12,14)/t7-,8?,9+/m1/s1. The molecule has 2 saturated carbocycles. The highest BCUT2D eigenvalue weighted by molar-refractivity contribution is 5.84. The Balaban J connectivity index is 1.76. The number of Topliss-reactive ketones (excluding diaryl/α,β-unsaturated/α-hetero) is 1. The quantitative estimate of drug-likeness (QED) is 0.715. The van der Waals surface area contributed by atoms with E-state index in [0.29, 0.717) is 30.5 Å². The van der Waals surface area contributed by atoms with Crippen molar-refractivity contribution in [3.05, 3.63) is 0 Å². The Kier molecular flexibility index (Phi) is 2.24. The summed E-state index contributed by atoms with van der Waals surface area (Å²) in [6.45, 7) is 5.51. The zero-order valence-corrected chi connectivity index (χ0v) is 9.37. The maximum Gasteiger partial charge on any atom is 0.407 e. The van der Waals surface area contributed by atoms with Crippen LogP contribution < -0.4 is 5.32 Å². The van der Waals surface area contributed by atoms with Gasteiger partial charge in [0.2, 0.25) is 0 Å². The molecule has 4 heteroatoms. The molecule has 15 heavy (non-hydrogen) atoms. The fourth-order valence-electron chi connectivity index (χ4n) is 2.27. The first kappa shape index (κ1) is 10.5. The van der Waals surface area contributed by atoms with Crippen molar-refractivity contribution in [2.75, 3.05) is 0 Å². The molecule has 1 N–H and O–H groups in total. The van der Waals surface area contributed by atoms with E-state index in [1.807, 2.05) is 20.8 Å².